The Kier molecular flexibility index (Phi) is 43.3. The lowest BCUT2D eigenvalue weighted by atomic mass is 10.0. The molecule has 0 aliphatic carbocycles. The molecule has 1 aliphatic heterocycles. The van der Waals surface area contributed by atoms with E-state index in [-0.39, 0.29) is 0 Å². The van der Waals surface area contributed by atoms with Crippen molar-refractivity contribution in [2.75, 3.05) is 13.1 Å². The summed E-state index contributed by atoms with van der Waals surface area (Å²) in [5.41, 5.74) is 0. The highest BCUT2D eigenvalue weighted by molar-refractivity contribution is 4.97. The van der Waals surface area contributed by atoms with Crippen LogP contribution in [0.15, 0.2) is 12.4 Å². The average Bonchev–Trinajstić information content (AvgIpc) is 3.59. The Hall–Kier alpha value is -0.660. The van der Waals surface area contributed by atoms with Crippen LogP contribution >= 0.6 is 0 Å². The van der Waals surface area contributed by atoms with E-state index in [2.05, 4.69) is 43.0 Å². The van der Waals surface area contributed by atoms with Gasteiger partial charge in [0.1, 0.15) is 6.17 Å². The van der Waals surface area contributed by atoms with E-state index in [0.29, 0.717) is 6.17 Å². The fourth-order valence-corrected chi connectivity index (χ4v) is 9.37. The van der Waals surface area contributed by atoms with Crippen molar-refractivity contribution in [1.82, 2.24) is 9.80 Å². The second-order valence-corrected chi connectivity index (χ2v) is 18.9. The van der Waals surface area contributed by atoms with Crippen LogP contribution in [0.2, 0.25) is 0 Å². The maximum atomic E-state index is 2.75. The van der Waals surface area contributed by atoms with Crippen LogP contribution in [0.5, 0.6) is 0 Å². The molecule has 0 aromatic carbocycles. The first kappa shape index (κ1) is 53.4. The van der Waals surface area contributed by atoms with E-state index in [9.17, 15) is 0 Å². The number of nitrogens with zero attached hydrogens (tertiary/aromatic N) is 2. The Morgan fingerprint density at radius 2 is 0.411 bits per heavy atom. The zero-order valence-corrected chi connectivity index (χ0v) is 39.6. The van der Waals surface area contributed by atoms with Gasteiger partial charge in [-0.3, -0.25) is 0 Å². The van der Waals surface area contributed by atoms with Crippen molar-refractivity contribution in [3.63, 3.8) is 0 Å². The third-order valence-electron chi connectivity index (χ3n) is 13.3. The van der Waals surface area contributed by atoms with Crippen molar-refractivity contribution in [2.45, 2.75) is 322 Å². The number of unbranched alkanes of at least 4 members (excludes halogenated alkanes) is 42. The molecule has 0 spiro atoms. The molecule has 0 amide bonds. The highest BCUT2D eigenvalue weighted by atomic mass is 15.4. The molecule has 0 saturated carbocycles. The van der Waals surface area contributed by atoms with E-state index >= 15 is 0 Å². The van der Waals surface area contributed by atoms with Gasteiger partial charge in [0.25, 0.3) is 0 Å². The van der Waals surface area contributed by atoms with E-state index in [4.69, 9.17) is 0 Å². The van der Waals surface area contributed by atoms with Gasteiger partial charge in [-0.15, -0.1) is 0 Å². The molecular formula is C54H108N2. The normalized spacial score (nSPS) is 14.2. The molecule has 0 aromatic rings. The Labute approximate surface area is 356 Å². The lowest BCUT2D eigenvalue weighted by Crippen LogP contribution is -2.39. The average molecular weight is 785 g/mol. The fourth-order valence-electron chi connectivity index (χ4n) is 9.37. The highest BCUT2D eigenvalue weighted by Crippen LogP contribution is 2.24. The van der Waals surface area contributed by atoms with Crippen LogP contribution < -0.4 is 0 Å². The van der Waals surface area contributed by atoms with Crippen molar-refractivity contribution < 1.29 is 0 Å². The van der Waals surface area contributed by atoms with Gasteiger partial charge in [0.15, 0.2) is 0 Å². The van der Waals surface area contributed by atoms with E-state index in [1.807, 2.05) is 0 Å². The third-order valence-corrected chi connectivity index (χ3v) is 13.3. The van der Waals surface area contributed by atoms with Gasteiger partial charge in [-0.2, -0.15) is 0 Å². The molecule has 0 saturated heterocycles. The number of hydrogen-bond acceptors (Lipinski definition) is 2. The first-order valence-corrected chi connectivity index (χ1v) is 27.0. The second kappa shape index (κ2) is 45.4. The SMILES string of the molecule is CCCCCCCCCCCCCCCCCCCN1C=CN(CCCCCCCCCCCCCC)C1CCCCCCCCCCCCCCCCCC. The Morgan fingerprint density at radius 3 is 0.625 bits per heavy atom. The minimum atomic E-state index is 0.635. The first-order valence-electron chi connectivity index (χ1n) is 27.0. The molecule has 334 valence electrons. The van der Waals surface area contributed by atoms with Crippen LogP contribution in [0.4, 0.5) is 0 Å². The van der Waals surface area contributed by atoms with E-state index in [1.165, 1.54) is 308 Å². The molecule has 1 rings (SSSR count). The van der Waals surface area contributed by atoms with Gasteiger partial charge in [-0.1, -0.05) is 290 Å². The van der Waals surface area contributed by atoms with Crippen molar-refractivity contribution in [1.29, 1.82) is 0 Å². The summed E-state index contributed by atoms with van der Waals surface area (Å²) < 4.78 is 0. The van der Waals surface area contributed by atoms with Crippen LogP contribution in [0, 0.1) is 0 Å². The second-order valence-electron chi connectivity index (χ2n) is 18.9. The molecule has 0 radical (unpaired) electrons. The van der Waals surface area contributed by atoms with Crippen LogP contribution in [-0.2, 0) is 0 Å². The van der Waals surface area contributed by atoms with E-state index in [1.54, 1.807) is 0 Å². The third kappa shape index (κ3) is 36.4. The maximum absolute atomic E-state index is 2.75. The Morgan fingerprint density at radius 1 is 0.232 bits per heavy atom. The van der Waals surface area contributed by atoms with Gasteiger partial charge >= 0.3 is 0 Å². The molecule has 1 unspecified atom stereocenters. The summed E-state index contributed by atoms with van der Waals surface area (Å²) >= 11 is 0. The van der Waals surface area contributed by atoms with Gasteiger partial charge < -0.3 is 9.80 Å². The first-order chi connectivity index (χ1) is 27.8. The molecule has 0 bridgehead atoms. The van der Waals surface area contributed by atoms with Gasteiger partial charge in [0, 0.05) is 25.5 Å². The largest absolute Gasteiger partial charge is 0.356 e. The lowest BCUT2D eigenvalue weighted by molar-refractivity contribution is 0.135. The zero-order chi connectivity index (χ0) is 40.1. The van der Waals surface area contributed by atoms with Crippen LogP contribution in [0.3, 0.4) is 0 Å². The number of rotatable bonds is 48. The van der Waals surface area contributed by atoms with Crippen LogP contribution in [-0.4, -0.2) is 29.1 Å². The zero-order valence-electron chi connectivity index (χ0n) is 39.6. The molecule has 56 heavy (non-hydrogen) atoms. The molecule has 1 aliphatic rings. The van der Waals surface area contributed by atoms with Crippen LogP contribution in [0.25, 0.3) is 0 Å². The summed E-state index contributed by atoms with van der Waals surface area (Å²) in [4.78, 5) is 5.49. The summed E-state index contributed by atoms with van der Waals surface area (Å²) in [7, 11) is 0. The molecule has 0 N–H and O–H groups in total. The summed E-state index contributed by atoms with van der Waals surface area (Å²) in [6, 6.07) is 0. The summed E-state index contributed by atoms with van der Waals surface area (Å²) in [5, 5.41) is 0. The molecule has 1 atom stereocenters. The minimum Gasteiger partial charge on any atom is -0.356 e. The quantitative estimate of drug-likeness (QED) is 0.0567. The van der Waals surface area contributed by atoms with Gasteiger partial charge in [-0.05, 0) is 25.7 Å². The van der Waals surface area contributed by atoms with Crippen molar-refractivity contribution in [3.8, 4) is 0 Å². The van der Waals surface area contributed by atoms with Crippen LogP contribution in [0.1, 0.15) is 316 Å². The topological polar surface area (TPSA) is 6.48 Å². The van der Waals surface area contributed by atoms with Crippen molar-refractivity contribution >= 4 is 0 Å². The van der Waals surface area contributed by atoms with Gasteiger partial charge in [0.2, 0.25) is 0 Å². The summed E-state index contributed by atoms with van der Waals surface area (Å²) in [6.07, 6.45) is 72.3. The standard InChI is InChI=1S/C54H108N2/c1-4-7-10-13-16-19-22-25-27-29-31-33-36-39-42-45-48-51-56-53-52-55(50-47-44-41-38-35-24-21-18-15-12-9-6-3)54(56)49-46-43-40-37-34-32-30-28-26-23-20-17-14-11-8-5-2/h52-54H,4-51H2,1-3H3. The van der Waals surface area contributed by atoms with Gasteiger partial charge in [-0.25, -0.2) is 0 Å². The van der Waals surface area contributed by atoms with Gasteiger partial charge in [0.05, 0.1) is 0 Å². The van der Waals surface area contributed by atoms with Crippen molar-refractivity contribution in [3.05, 3.63) is 12.4 Å². The predicted molar refractivity (Wildman–Crippen MR) is 256 cm³/mol. The lowest BCUT2D eigenvalue weighted by Gasteiger charge is -2.33. The maximum Gasteiger partial charge on any atom is 0.101 e. The summed E-state index contributed by atoms with van der Waals surface area (Å²) in [6.45, 7) is 9.50. The summed E-state index contributed by atoms with van der Waals surface area (Å²) in [5.74, 6) is 0. The molecule has 0 fully saturated rings. The predicted octanol–water partition coefficient (Wildman–Crippen LogP) is 19.4. The smallest absolute Gasteiger partial charge is 0.101 e. The van der Waals surface area contributed by atoms with E-state index < -0.39 is 0 Å². The Bertz CT molecular complexity index is 747. The highest BCUT2D eigenvalue weighted by Gasteiger charge is 2.25. The monoisotopic (exact) mass is 785 g/mol. The molecule has 0 aromatic heterocycles. The minimum absolute atomic E-state index is 0.635. The fraction of sp³-hybridized carbons (Fsp3) is 0.963. The molecule has 2 heteroatoms. The Balaban J connectivity index is 2.18. The number of hydrogen-bond donors (Lipinski definition) is 0. The molecule has 2 nitrogen and oxygen atoms in total. The van der Waals surface area contributed by atoms with Crippen molar-refractivity contribution in [2.24, 2.45) is 0 Å². The molecular weight excluding hydrogens is 677 g/mol. The van der Waals surface area contributed by atoms with E-state index in [0.717, 1.165) is 0 Å². The molecule has 1 heterocycles.